The molecule has 0 aliphatic carbocycles. The van der Waals surface area contributed by atoms with Crippen LogP contribution in [0.4, 0.5) is 10.2 Å². The summed E-state index contributed by atoms with van der Waals surface area (Å²) in [6.45, 7) is 4.09. The van der Waals surface area contributed by atoms with Crippen molar-refractivity contribution in [2.24, 2.45) is 0 Å². The molecule has 0 unspecified atom stereocenters. The van der Waals surface area contributed by atoms with Gasteiger partial charge in [0.2, 0.25) is 0 Å². The molecule has 4 nitrogen and oxygen atoms in total. The van der Waals surface area contributed by atoms with Gasteiger partial charge in [-0.1, -0.05) is 6.08 Å². The summed E-state index contributed by atoms with van der Waals surface area (Å²) in [5.74, 6) is -0.0202. The van der Waals surface area contributed by atoms with Crippen LogP contribution in [-0.4, -0.2) is 34.9 Å². The molecule has 0 saturated heterocycles. The van der Waals surface area contributed by atoms with E-state index >= 15 is 0 Å². The number of aliphatic hydroxyl groups excluding tert-OH is 2. The van der Waals surface area contributed by atoms with Gasteiger partial charge < -0.3 is 15.1 Å². The normalized spacial score (nSPS) is 10.2. The van der Waals surface area contributed by atoms with E-state index in [4.69, 9.17) is 10.2 Å². The molecule has 88 valence electrons. The van der Waals surface area contributed by atoms with E-state index in [-0.39, 0.29) is 13.2 Å². The van der Waals surface area contributed by atoms with Gasteiger partial charge in [-0.3, -0.25) is 0 Å². The maximum atomic E-state index is 12.9. The largest absolute Gasteiger partial charge is 0.395 e. The van der Waals surface area contributed by atoms with E-state index in [9.17, 15) is 4.39 Å². The van der Waals surface area contributed by atoms with Gasteiger partial charge in [0.25, 0.3) is 0 Å². The van der Waals surface area contributed by atoms with Crippen LogP contribution < -0.4 is 4.90 Å². The van der Waals surface area contributed by atoms with Gasteiger partial charge in [0.15, 0.2) is 0 Å². The summed E-state index contributed by atoms with van der Waals surface area (Å²) in [4.78, 5) is 5.64. The predicted octanol–water partition coefficient (Wildman–Crippen LogP) is 0.698. The Labute approximate surface area is 93.7 Å². The minimum absolute atomic E-state index is 0.0439. The zero-order chi connectivity index (χ0) is 12.0. The Morgan fingerprint density at radius 2 is 2.25 bits per heavy atom. The lowest BCUT2D eigenvalue weighted by atomic mass is 10.2. The summed E-state index contributed by atoms with van der Waals surface area (Å²) < 4.78 is 12.9. The Kier molecular flexibility index (Phi) is 4.88. The second kappa shape index (κ2) is 6.19. The highest BCUT2D eigenvalue weighted by molar-refractivity contribution is 5.47. The number of hydrogen-bond acceptors (Lipinski definition) is 4. The lowest BCUT2D eigenvalue weighted by Crippen LogP contribution is -2.28. The molecule has 0 aromatic carbocycles. The summed E-state index contributed by atoms with van der Waals surface area (Å²) >= 11 is 0. The quantitative estimate of drug-likeness (QED) is 0.701. The van der Waals surface area contributed by atoms with Crippen LogP contribution in [0.3, 0.4) is 0 Å². The Bertz CT molecular complexity index is 358. The number of aromatic nitrogens is 1. The third-order valence-electron chi connectivity index (χ3n) is 2.10. The lowest BCUT2D eigenvalue weighted by Gasteiger charge is -2.23. The molecular weight excluding hydrogens is 211 g/mol. The highest BCUT2D eigenvalue weighted by Gasteiger charge is 2.11. The van der Waals surface area contributed by atoms with E-state index in [0.29, 0.717) is 24.5 Å². The fourth-order valence-corrected chi connectivity index (χ4v) is 1.44. The van der Waals surface area contributed by atoms with Gasteiger partial charge >= 0.3 is 0 Å². The van der Waals surface area contributed by atoms with Gasteiger partial charge in [-0.05, 0) is 6.07 Å². The molecule has 0 fully saturated rings. The molecule has 1 aromatic heterocycles. The average Bonchev–Trinajstić information content (AvgIpc) is 2.28. The molecule has 1 heterocycles. The van der Waals surface area contributed by atoms with Gasteiger partial charge in [0.1, 0.15) is 11.6 Å². The number of hydrogen-bond donors (Lipinski definition) is 2. The van der Waals surface area contributed by atoms with Gasteiger partial charge in [0, 0.05) is 18.7 Å². The number of halogens is 1. The van der Waals surface area contributed by atoms with Gasteiger partial charge in [-0.2, -0.15) is 0 Å². The Morgan fingerprint density at radius 3 is 2.81 bits per heavy atom. The zero-order valence-corrected chi connectivity index (χ0v) is 8.93. The molecule has 0 aliphatic heterocycles. The fourth-order valence-electron chi connectivity index (χ4n) is 1.44. The Hall–Kier alpha value is -1.46. The van der Waals surface area contributed by atoms with Crippen molar-refractivity contribution >= 4 is 5.82 Å². The monoisotopic (exact) mass is 226 g/mol. The van der Waals surface area contributed by atoms with Crippen molar-refractivity contribution in [3.63, 3.8) is 0 Å². The van der Waals surface area contributed by atoms with Gasteiger partial charge in [-0.25, -0.2) is 9.37 Å². The number of pyridine rings is 1. The second-order valence-electron chi connectivity index (χ2n) is 3.25. The number of anilines is 1. The van der Waals surface area contributed by atoms with Crippen molar-refractivity contribution in [2.75, 3.05) is 24.6 Å². The summed E-state index contributed by atoms with van der Waals surface area (Å²) in [6.07, 6.45) is 2.74. The molecule has 0 amide bonds. The molecule has 1 rings (SSSR count). The number of nitrogens with zero attached hydrogens (tertiary/aromatic N) is 2. The zero-order valence-electron chi connectivity index (χ0n) is 8.93. The van der Waals surface area contributed by atoms with Gasteiger partial charge in [-0.15, -0.1) is 6.58 Å². The van der Waals surface area contributed by atoms with E-state index in [1.807, 2.05) is 0 Å². The van der Waals surface area contributed by atoms with Crippen LogP contribution in [0.15, 0.2) is 24.9 Å². The molecule has 0 radical (unpaired) electrons. The van der Waals surface area contributed by atoms with Crippen LogP contribution in [0.2, 0.25) is 0 Å². The van der Waals surface area contributed by atoms with Crippen molar-refractivity contribution in [3.05, 3.63) is 36.3 Å². The molecule has 5 heteroatoms. The van der Waals surface area contributed by atoms with E-state index in [2.05, 4.69) is 11.6 Å². The van der Waals surface area contributed by atoms with Crippen molar-refractivity contribution < 1.29 is 14.6 Å². The maximum absolute atomic E-state index is 12.9. The molecule has 0 spiro atoms. The fraction of sp³-hybridized carbons (Fsp3) is 0.364. The van der Waals surface area contributed by atoms with E-state index in [1.54, 1.807) is 11.0 Å². The standard InChI is InChI=1S/C11H15FN2O2/c1-2-3-14(4-5-15)11-9(8-16)6-10(12)7-13-11/h2,6-7,15-16H,1,3-5,8H2. The number of aliphatic hydroxyl groups is 2. The van der Waals surface area contributed by atoms with Crippen molar-refractivity contribution in [1.29, 1.82) is 0 Å². The average molecular weight is 226 g/mol. The molecule has 0 saturated carbocycles. The van der Waals surface area contributed by atoms with Gasteiger partial charge in [0.05, 0.1) is 19.4 Å². The van der Waals surface area contributed by atoms with Crippen molar-refractivity contribution in [2.45, 2.75) is 6.61 Å². The first-order valence-corrected chi connectivity index (χ1v) is 4.95. The lowest BCUT2D eigenvalue weighted by molar-refractivity contribution is 0.279. The Balaban J connectivity index is 3.01. The van der Waals surface area contributed by atoms with Crippen LogP contribution in [0.25, 0.3) is 0 Å². The first kappa shape index (κ1) is 12.6. The van der Waals surface area contributed by atoms with Crippen LogP contribution in [0, 0.1) is 5.82 Å². The smallest absolute Gasteiger partial charge is 0.142 e. The molecule has 0 aliphatic rings. The molecule has 0 bridgehead atoms. The molecule has 1 aromatic rings. The Morgan fingerprint density at radius 1 is 1.50 bits per heavy atom. The van der Waals surface area contributed by atoms with Crippen molar-refractivity contribution in [1.82, 2.24) is 4.98 Å². The second-order valence-corrected chi connectivity index (χ2v) is 3.25. The summed E-state index contributed by atoms with van der Waals surface area (Å²) in [6, 6.07) is 1.23. The minimum Gasteiger partial charge on any atom is -0.395 e. The first-order chi connectivity index (χ1) is 7.72. The van der Waals surface area contributed by atoms with Crippen LogP contribution in [0.5, 0.6) is 0 Å². The highest BCUT2D eigenvalue weighted by Crippen LogP contribution is 2.18. The molecule has 16 heavy (non-hydrogen) atoms. The third kappa shape index (κ3) is 3.01. The van der Waals surface area contributed by atoms with E-state index < -0.39 is 5.82 Å². The predicted molar refractivity (Wildman–Crippen MR) is 59.6 cm³/mol. The molecular formula is C11H15FN2O2. The summed E-state index contributed by atoms with van der Waals surface area (Å²) in [5, 5.41) is 18.0. The summed E-state index contributed by atoms with van der Waals surface area (Å²) in [5.41, 5.74) is 0.398. The third-order valence-corrected chi connectivity index (χ3v) is 2.10. The first-order valence-electron chi connectivity index (χ1n) is 4.95. The van der Waals surface area contributed by atoms with Crippen LogP contribution in [0.1, 0.15) is 5.56 Å². The van der Waals surface area contributed by atoms with E-state index in [0.717, 1.165) is 6.20 Å². The topological polar surface area (TPSA) is 56.6 Å². The van der Waals surface area contributed by atoms with Crippen LogP contribution >= 0.6 is 0 Å². The molecule has 2 N–H and O–H groups in total. The SMILES string of the molecule is C=CCN(CCO)c1ncc(F)cc1CO. The summed E-state index contributed by atoms with van der Waals surface area (Å²) in [7, 11) is 0. The van der Waals surface area contributed by atoms with Crippen molar-refractivity contribution in [3.8, 4) is 0 Å². The highest BCUT2D eigenvalue weighted by atomic mass is 19.1. The van der Waals surface area contributed by atoms with E-state index in [1.165, 1.54) is 6.07 Å². The minimum atomic E-state index is -0.490. The number of rotatable bonds is 6. The molecule has 0 atom stereocenters. The van der Waals surface area contributed by atoms with Crippen LogP contribution in [-0.2, 0) is 6.61 Å². The maximum Gasteiger partial charge on any atom is 0.142 e.